The number of carboxylic acid groups (broad SMARTS) is 1. The quantitative estimate of drug-likeness (QED) is 0.697. The summed E-state index contributed by atoms with van der Waals surface area (Å²) in [7, 11) is 0. The summed E-state index contributed by atoms with van der Waals surface area (Å²) >= 11 is 0. The molecule has 0 saturated heterocycles. The van der Waals surface area contributed by atoms with Crippen LogP contribution in [-0.4, -0.2) is 52.5 Å². The Morgan fingerprint density at radius 2 is 1.80 bits per heavy atom. The summed E-state index contributed by atoms with van der Waals surface area (Å²) in [5, 5.41) is 28.0. The van der Waals surface area contributed by atoms with Gasteiger partial charge in [-0.1, -0.05) is 18.2 Å². The molecule has 0 saturated carbocycles. The fourth-order valence-corrected chi connectivity index (χ4v) is 2.20. The molecular formula is C14H17NO5. The highest BCUT2D eigenvalue weighted by molar-refractivity contribution is 5.95. The maximum absolute atomic E-state index is 11.3. The minimum atomic E-state index is -1.12. The highest BCUT2D eigenvalue weighted by Crippen LogP contribution is 2.27. The SMILES string of the molecule is O=C(O)c1oc2ccccc2c1CN(CCO)CCO. The third-order valence-corrected chi connectivity index (χ3v) is 3.11. The molecule has 0 amide bonds. The van der Waals surface area contributed by atoms with E-state index in [0.29, 0.717) is 30.8 Å². The van der Waals surface area contributed by atoms with Crippen LogP contribution in [0.1, 0.15) is 16.1 Å². The molecule has 6 heteroatoms. The van der Waals surface area contributed by atoms with Crippen LogP contribution < -0.4 is 0 Å². The molecule has 0 aliphatic carbocycles. The minimum Gasteiger partial charge on any atom is -0.475 e. The van der Waals surface area contributed by atoms with E-state index in [2.05, 4.69) is 0 Å². The van der Waals surface area contributed by atoms with Crippen molar-refractivity contribution in [3.05, 3.63) is 35.6 Å². The van der Waals surface area contributed by atoms with E-state index in [-0.39, 0.29) is 19.0 Å². The number of rotatable bonds is 7. The third-order valence-electron chi connectivity index (χ3n) is 3.11. The van der Waals surface area contributed by atoms with Gasteiger partial charge in [0, 0.05) is 30.6 Å². The van der Waals surface area contributed by atoms with Crippen LogP contribution >= 0.6 is 0 Å². The van der Waals surface area contributed by atoms with Gasteiger partial charge in [0.05, 0.1) is 13.2 Å². The Labute approximate surface area is 115 Å². The fourth-order valence-electron chi connectivity index (χ4n) is 2.20. The van der Waals surface area contributed by atoms with Crippen LogP contribution in [0.25, 0.3) is 11.0 Å². The second-order valence-corrected chi connectivity index (χ2v) is 4.43. The van der Waals surface area contributed by atoms with Gasteiger partial charge in [-0.05, 0) is 6.07 Å². The van der Waals surface area contributed by atoms with Crippen molar-refractivity contribution in [2.45, 2.75) is 6.54 Å². The number of aliphatic hydroxyl groups is 2. The van der Waals surface area contributed by atoms with E-state index in [1.165, 1.54) is 0 Å². The van der Waals surface area contributed by atoms with Gasteiger partial charge in [0.15, 0.2) is 0 Å². The number of aromatic carboxylic acids is 1. The third kappa shape index (κ3) is 2.98. The smallest absolute Gasteiger partial charge is 0.372 e. The molecule has 1 aromatic heterocycles. The number of furan rings is 1. The first-order valence-corrected chi connectivity index (χ1v) is 6.35. The molecule has 0 radical (unpaired) electrons. The van der Waals surface area contributed by atoms with Gasteiger partial charge in [-0.15, -0.1) is 0 Å². The Balaban J connectivity index is 2.39. The van der Waals surface area contributed by atoms with Crippen LogP contribution in [0.3, 0.4) is 0 Å². The standard InChI is InChI=1S/C14H17NO5/c16-7-5-15(6-8-17)9-11-10-3-1-2-4-12(10)20-13(11)14(18)19/h1-4,16-17H,5-9H2,(H,18,19). The lowest BCUT2D eigenvalue weighted by atomic mass is 10.1. The molecule has 0 unspecified atom stereocenters. The molecule has 0 spiro atoms. The molecule has 0 aliphatic rings. The number of hydrogen-bond donors (Lipinski definition) is 3. The van der Waals surface area contributed by atoms with E-state index < -0.39 is 5.97 Å². The van der Waals surface area contributed by atoms with Crippen molar-refractivity contribution in [3.63, 3.8) is 0 Å². The molecule has 6 nitrogen and oxygen atoms in total. The average Bonchev–Trinajstić information content (AvgIpc) is 2.79. The van der Waals surface area contributed by atoms with Crippen LogP contribution in [0.4, 0.5) is 0 Å². The maximum atomic E-state index is 11.3. The van der Waals surface area contributed by atoms with Crippen molar-refractivity contribution in [2.24, 2.45) is 0 Å². The average molecular weight is 279 g/mol. The van der Waals surface area contributed by atoms with Gasteiger partial charge >= 0.3 is 5.97 Å². The zero-order valence-electron chi connectivity index (χ0n) is 11.0. The first-order chi connectivity index (χ1) is 9.67. The molecule has 0 atom stereocenters. The normalized spacial score (nSPS) is 11.3. The zero-order valence-corrected chi connectivity index (χ0v) is 11.0. The lowest BCUT2D eigenvalue weighted by Gasteiger charge is -2.19. The van der Waals surface area contributed by atoms with Crippen molar-refractivity contribution < 1.29 is 24.5 Å². The second kappa shape index (κ2) is 6.51. The van der Waals surface area contributed by atoms with E-state index >= 15 is 0 Å². The van der Waals surface area contributed by atoms with E-state index in [1.54, 1.807) is 23.1 Å². The highest BCUT2D eigenvalue weighted by Gasteiger charge is 2.21. The predicted molar refractivity (Wildman–Crippen MR) is 72.6 cm³/mol. The van der Waals surface area contributed by atoms with Gasteiger partial charge in [0.2, 0.25) is 5.76 Å². The van der Waals surface area contributed by atoms with E-state index in [4.69, 9.17) is 14.6 Å². The van der Waals surface area contributed by atoms with Gasteiger partial charge in [-0.2, -0.15) is 0 Å². The molecule has 1 heterocycles. The number of aliphatic hydroxyl groups excluding tert-OH is 2. The largest absolute Gasteiger partial charge is 0.475 e. The Kier molecular flexibility index (Phi) is 4.73. The predicted octanol–water partition coefficient (Wildman–Crippen LogP) is 0.918. The minimum absolute atomic E-state index is 0.0574. The van der Waals surface area contributed by atoms with Crippen molar-refractivity contribution in [3.8, 4) is 0 Å². The number of benzene rings is 1. The summed E-state index contributed by atoms with van der Waals surface area (Å²) in [6.45, 7) is 0.911. The molecule has 1 aromatic carbocycles. The van der Waals surface area contributed by atoms with Crippen LogP contribution in [0, 0.1) is 0 Å². The summed E-state index contributed by atoms with van der Waals surface area (Å²) < 4.78 is 5.37. The number of nitrogens with zero attached hydrogens (tertiary/aromatic N) is 1. The van der Waals surface area contributed by atoms with Crippen molar-refractivity contribution >= 4 is 16.9 Å². The van der Waals surface area contributed by atoms with Crippen LogP contribution in [0.5, 0.6) is 0 Å². The van der Waals surface area contributed by atoms with Gasteiger partial charge in [-0.3, -0.25) is 4.90 Å². The summed E-state index contributed by atoms with van der Waals surface area (Å²) in [4.78, 5) is 13.1. The monoisotopic (exact) mass is 279 g/mol. The summed E-state index contributed by atoms with van der Waals surface area (Å²) in [6, 6.07) is 7.11. The Morgan fingerprint density at radius 1 is 1.15 bits per heavy atom. The molecule has 20 heavy (non-hydrogen) atoms. The van der Waals surface area contributed by atoms with Crippen LogP contribution in [0.2, 0.25) is 0 Å². The Hall–Kier alpha value is -1.89. The van der Waals surface area contributed by atoms with E-state index in [1.807, 2.05) is 6.07 Å². The van der Waals surface area contributed by atoms with Crippen LogP contribution in [-0.2, 0) is 6.54 Å². The zero-order chi connectivity index (χ0) is 14.5. The number of para-hydroxylation sites is 1. The number of carboxylic acids is 1. The molecular weight excluding hydrogens is 262 g/mol. The fraction of sp³-hybridized carbons (Fsp3) is 0.357. The van der Waals surface area contributed by atoms with Gasteiger partial charge < -0.3 is 19.7 Å². The Bertz CT molecular complexity index is 586. The molecule has 2 aromatic rings. The maximum Gasteiger partial charge on any atom is 0.372 e. The van der Waals surface area contributed by atoms with Crippen molar-refractivity contribution in [2.75, 3.05) is 26.3 Å². The van der Waals surface area contributed by atoms with E-state index in [9.17, 15) is 9.90 Å². The molecule has 2 rings (SSSR count). The van der Waals surface area contributed by atoms with Gasteiger partial charge in [-0.25, -0.2) is 4.79 Å². The van der Waals surface area contributed by atoms with Gasteiger partial charge in [0.1, 0.15) is 5.58 Å². The number of hydrogen-bond acceptors (Lipinski definition) is 5. The highest BCUT2D eigenvalue weighted by atomic mass is 16.4. The first-order valence-electron chi connectivity index (χ1n) is 6.35. The molecule has 108 valence electrons. The lowest BCUT2D eigenvalue weighted by Crippen LogP contribution is -2.29. The van der Waals surface area contributed by atoms with Crippen molar-refractivity contribution in [1.29, 1.82) is 0 Å². The van der Waals surface area contributed by atoms with E-state index in [0.717, 1.165) is 5.39 Å². The molecule has 3 N–H and O–H groups in total. The summed E-state index contributed by atoms with van der Waals surface area (Å²) in [6.07, 6.45) is 0. The number of carbonyl (C=O) groups is 1. The molecule has 0 fully saturated rings. The van der Waals surface area contributed by atoms with Crippen molar-refractivity contribution in [1.82, 2.24) is 4.90 Å². The number of fused-ring (bicyclic) bond motifs is 1. The summed E-state index contributed by atoms with van der Waals surface area (Å²) in [5.41, 5.74) is 1.09. The lowest BCUT2D eigenvalue weighted by molar-refractivity contribution is 0.0661. The second-order valence-electron chi connectivity index (χ2n) is 4.43. The summed E-state index contributed by atoms with van der Waals surface area (Å²) in [5.74, 6) is -1.21. The van der Waals surface area contributed by atoms with Gasteiger partial charge in [0.25, 0.3) is 0 Å². The molecule has 0 aliphatic heterocycles. The molecule has 0 bridgehead atoms. The first kappa shape index (κ1) is 14.5. The van der Waals surface area contributed by atoms with Crippen LogP contribution in [0.15, 0.2) is 28.7 Å². The Morgan fingerprint density at radius 3 is 2.40 bits per heavy atom. The topological polar surface area (TPSA) is 94.1 Å².